The van der Waals surface area contributed by atoms with Gasteiger partial charge in [-0.05, 0) is 55.8 Å². The predicted molar refractivity (Wildman–Crippen MR) is 89.3 cm³/mol. The van der Waals surface area contributed by atoms with E-state index >= 15 is 0 Å². The molecule has 0 aromatic heterocycles. The van der Waals surface area contributed by atoms with Crippen molar-refractivity contribution < 1.29 is 0 Å². The van der Waals surface area contributed by atoms with Crippen molar-refractivity contribution in [3.05, 3.63) is 24.3 Å². The van der Waals surface area contributed by atoms with E-state index in [0.717, 1.165) is 11.8 Å². The van der Waals surface area contributed by atoms with E-state index in [-0.39, 0.29) is 0 Å². The number of allylic oxidation sites excluding steroid dienone is 3. The highest BCUT2D eigenvalue weighted by molar-refractivity contribution is 5.10. The first kappa shape index (κ1) is 18.5. The molecule has 0 radical (unpaired) electrons. The van der Waals surface area contributed by atoms with E-state index in [1.165, 1.54) is 18.4 Å². The van der Waals surface area contributed by atoms with Crippen molar-refractivity contribution in [2.75, 3.05) is 0 Å². The van der Waals surface area contributed by atoms with Crippen molar-refractivity contribution in [2.24, 2.45) is 29.1 Å². The summed E-state index contributed by atoms with van der Waals surface area (Å²) in [4.78, 5) is 0. The lowest BCUT2D eigenvalue weighted by molar-refractivity contribution is 0.152. The van der Waals surface area contributed by atoms with Crippen LogP contribution in [0.2, 0.25) is 0 Å². The van der Waals surface area contributed by atoms with Crippen LogP contribution in [0.4, 0.5) is 0 Å². The van der Waals surface area contributed by atoms with Crippen LogP contribution in [0.15, 0.2) is 24.3 Å². The highest BCUT2D eigenvalue weighted by Crippen LogP contribution is 2.39. The third-order valence-corrected chi connectivity index (χ3v) is 4.84. The van der Waals surface area contributed by atoms with Gasteiger partial charge >= 0.3 is 0 Å². The van der Waals surface area contributed by atoms with Gasteiger partial charge in [0.05, 0.1) is 0 Å². The van der Waals surface area contributed by atoms with Gasteiger partial charge in [-0.1, -0.05) is 59.3 Å². The summed E-state index contributed by atoms with van der Waals surface area (Å²) in [5, 5.41) is 0. The molecule has 3 unspecified atom stereocenters. The first-order valence-electron chi connectivity index (χ1n) is 7.91. The van der Waals surface area contributed by atoms with E-state index in [0.29, 0.717) is 17.3 Å². The Kier molecular flexibility index (Phi) is 7.71. The molecule has 0 heteroatoms. The van der Waals surface area contributed by atoms with Gasteiger partial charge in [-0.2, -0.15) is 0 Å². The topological polar surface area (TPSA) is 0 Å². The largest absolute Gasteiger partial charge is 0.102 e. The summed E-state index contributed by atoms with van der Waals surface area (Å²) in [6.07, 6.45) is 6.94. The Morgan fingerprint density at radius 2 is 1.68 bits per heavy atom. The Labute approximate surface area is 122 Å². The first-order valence-corrected chi connectivity index (χ1v) is 7.91. The van der Waals surface area contributed by atoms with Gasteiger partial charge in [-0.15, -0.1) is 6.58 Å². The fourth-order valence-electron chi connectivity index (χ4n) is 3.34. The molecule has 3 atom stereocenters. The molecule has 19 heavy (non-hydrogen) atoms. The normalized spacial score (nSPS) is 18.3. The molecule has 0 saturated heterocycles. The van der Waals surface area contributed by atoms with Crippen LogP contribution in [0, 0.1) is 29.1 Å². The summed E-state index contributed by atoms with van der Waals surface area (Å²) in [6, 6.07) is 0. The highest BCUT2D eigenvalue weighted by atomic mass is 14.3. The van der Waals surface area contributed by atoms with Crippen LogP contribution in [-0.2, 0) is 0 Å². The molecular formula is C19H36. The van der Waals surface area contributed by atoms with Gasteiger partial charge in [0.25, 0.3) is 0 Å². The second-order valence-electron chi connectivity index (χ2n) is 7.49. The average molecular weight is 264 g/mol. The molecule has 0 aromatic rings. The maximum absolute atomic E-state index is 4.03. The molecule has 0 fully saturated rings. The molecular weight excluding hydrogens is 228 g/mol. The van der Waals surface area contributed by atoms with E-state index in [9.17, 15) is 0 Å². The van der Waals surface area contributed by atoms with E-state index in [4.69, 9.17) is 0 Å². The van der Waals surface area contributed by atoms with Crippen molar-refractivity contribution in [3.63, 3.8) is 0 Å². The maximum atomic E-state index is 4.03. The van der Waals surface area contributed by atoms with Crippen LogP contribution in [0.3, 0.4) is 0 Å². The molecule has 0 aliphatic rings. The Bertz CT molecular complexity index is 293. The predicted octanol–water partition coefficient (Wildman–Crippen LogP) is 6.49. The van der Waals surface area contributed by atoms with E-state index in [2.05, 4.69) is 74.1 Å². The summed E-state index contributed by atoms with van der Waals surface area (Å²) in [5.74, 6) is 2.73. The molecule has 112 valence electrons. The van der Waals surface area contributed by atoms with Gasteiger partial charge in [0.2, 0.25) is 0 Å². The Balaban J connectivity index is 4.70. The molecule has 0 spiro atoms. The number of rotatable bonds is 8. The van der Waals surface area contributed by atoms with E-state index in [1.54, 1.807) is 0 Å². The van der Waals surface area contributed by atoms with Gasteiger partial charge < -0.3 is 0 Å². The van der Waals surface area contributed by atoms with E-state index < -0.39 is 0 Å². The maximum Gasteiger partial charge on any atom is -0.000307 e. The standard InChI is InChI=1S/C19H36/c1-10-15(5)18(11-2)16(6)12-17(7)19(8,9)13-14(3)4/h10-11,14,16-18H,2,12-13H2,1,3-9H3. The van der Waals surface area contributed by atoms with Gasteiger partial charge in [-0.3, -0.25) is 0 Å². The van der Waals surface area contributed by atoms with Crippen LogP contribution >= 0.6 is 0 Å². The monoisotopic (exact) mass is 264 g/mol. The lowest BCUT2D eigenvalue weighted by Crippen LogP contribution is -2.27. The first-order chi connectivity index (χ1) is 8.65. The second kappa shape index (κ2) is 7.92. The van der Waals surface area contributed by atoms with Crippen molar-refractivity contribution in [3.8, 4) is 0 Å². The molecule has 0 heterocycles. The fraction of sp³-hybridized carbons (Fsp3) is 0.789. The molecule has 0 bridgehead atoms. The molecule has 0 amide bonds. The van der Waals surface area contributed by atoms with Crippen LogP contribution in [0.5, 0.6) is 0 Å². The van der Waals surface area contributed by atoms with Gasteiger partial charge in [0, 0.05) is 0 Å². The Hall–Kier alpha value is -0.520. The zero-order valence-corrected chi connectivity index (χ0v) is 14.6. The third-order valence-electron chi connectivity index (χ3n) is 4.84. The summed E-state index contributed by atoms with van der Waals surface area (Å²) >= 11 is 0. The van der Waals surface area contributed by atoms with Gasteiger partial charge in [-0.25, -0.2) is 0 Å². The van der Waals surface area contributed by atoms with Crippen molar-refractivity contribution >= 4 is 0 Å². The molecule has 0 N–H and O–H groups in total. The molecule has 0 saturated carbocycles. The summed E-state index contributed by atoms with van der Waals surface area (Å²) in [5.41, 5.74) is 1.88. The molecule has 0 rings (SSSR count). The van der Waals surface area contributed by atoms with Crippen LogP contribution < -0.4 is 0 Å². The minimum Gasteiger partial charge on any atom is -0.102 e. The lowest BCUT2D eigenvalue weighted by Gasteiger charge is -2.36. The molecule has 0 nitrogen and oxygen atoms in total. The summed E-state index contributed by atoms with van der Waals surface area (Å²) < 4.78 is 0. The SMILES string of the molecule is C=CC(C(C)=CC)C(C)CC(C)C(C)(C)CC(C)C. The average Bonchev–Trinajstić information content (AvgIpc) is 2.27. The van der Waals surface area contributed by atoms with Crippen molar-refractivity contribution in [2.45, 2.75) is 68.2 Å². The van der Waals surface area contributed by atoms with Crippen molar-refractivity contribution in [1.82, 2.24) is 0 Å². The summed E-state index contributed by atoms with van der Waals surface area (Å²) in [6.45, 7) is 22.7. The second-order valence-corrected chi connectivity index (χ2v) is 7.49. The highest BCUT2D eigenvalue weighted by Gasteiger charge is 2.29. The van der Waals surface area contributed by atoms with Crippen LogP contribution in [0.25, 0.3) is 0 Å². The van der Waals surface area contributed by atoms with Gasteiger partial charge in [0.15, 0.2) is 0 Å². The summed E-state index contributed by atoms with van der Waals surface area (Å²) in [7, 11) is 0. The quantitative estimate of drug-likeness (QED) is 0.439. The smallest absolute Gasteiger partial charge is 0.000307 e. The van der Waals surface area contributed by atoms with Crippen LogP contribution in [0.1, 0.15) is 68.2 Å². The molecule has 0 aromatic carbocycles. The van der Waals surface area contributed by atoms with Crippen molar-refractivity contribution in [1.29, 1.82) is 0 Å². The number of hydrogen-bond acceptors (Lipinski definition) is 0. The molecule has 0 aliphatic heterocycles. The third kappa shape index (κ3) is 5.97. The zero-order valence-electron chi connectivity index (χ0n) is 14.6. The van der Waals surface area contributed by atoms with Gasteiger partial charge in [0.1, 0.15) is 0 Å². The zero-order chi connectivity index (χ0) is 15.2. The minimum absolute atomic E-state index is 0.429. The molecule has 0 aliphatic carbocycles. The Morgan fingerprint density at radius 1 is 1.16 bits per heavy atom. The Morgan fingerprint density at radius 3 is 2.05 bits per heavy atom. The minimum atomic E-state index is 0.429. The fourth-order valence-corrected chi connectivity index (χ4v) is 3.34. The van der Waals surface area contributed by atoms with E-state index in [1.807, 2.05) is 0 Å². The van der Waals surface area contributed by atoms with Crippen LogP contribution in [-0.4, -0.2) is 0 Å². The number of hydrogen-bond donors (Lipinski definition) is 0. The lowest BCUT2D eigenvalue weighted by atomic mass is 9.69.